The van der Waals surface area contributed by atoms with E-state index < -0.39 is 0 Å². The fourth-order valence-electron chi connectivity index (χ4n) is 1.56. The van der Waals surface area contributed by atoms with Crippen molar-refractivity contribution < 1.29 is 14.3 Å². The predicted molar refractivity (Wildman–Crippen MR) is 97.3 cm³/mol. The number of ether oxygens (including phenoxy) is 2. The second-order valence-corrected chi connectivity index (χ2v) is 5.19. The van der Waals surface area contributed by atoms with Crippen LogP contribution in [-0.4, -0.2) is 37.0 Å². The Morgan fingerprint density at radius 1 is 1.17 bits per heavy atom. The van der Waals surface area contributed by atoms with E-state index in [1.807, 2.05) is 24.3 Å². The minimum atomic E-state index is -0.243. The van der Waals surface area contributed by atoms with Gasteiger partial charge in [-0.2, -0.15) is 0 Å². The van der Waals surface area contributed by atoms with Crippen LogP contribution in [0.1, 0.15) is 12.8 Å². The lowest BCUT2D eigenvalue weighted by Gasteiger charge is -2.14. The quantitative estimate of drug-likeness (QED) is 0.261. The van der Waals surface area contributed by atoms with Crippen molar-refractivity contribution in [3.8, 4) is 5.75 Å². The minimum absolute atomic E-state index is 0.243. The molecule has 0 heterocycles. The number of nitrogens with one attached hydrogen (secondary N) is 4. The van der Waals surface area contributed by atoms with Gasteiger partial charge in [-0.15, -0.1) is 0 Å². The molecule has 0 amide bonds. The van der Waals surface area contributed by atoms with E-state index in [9.17, 15) is 4.79 Å². The second-order valence-electron chi connectivity index (χ2n) is 4.37. The third-order valence-corrected chi connectivity index (χ3v) is 3.14. The monoisotopic (exact) mass is 356 g/mol. The van der Waals surface area contributed by atoms with Crippen LogP contribution in [0, 0.1) is 0 Å². The van der Waals surface area contributed by atoms with E-state index >= 15 is 0 Å². The molecule has 0 unspecified atom stereocenters. The van der Waals surface area contributed by atoms with Crippen molar-refractivity contribution in [3.63, 3.8) is 0 Å². The normalized spacial score (nSPS) is 9.48. The zero-order valence-corrected chi connectivity index (χ0v) is 14.6. The van der Waals surface area contributed by atoms with Gasteiger partial charge in [-0.1, -0.05) is 6.07 Å². The van der Waals surface area contributed by atoms with Crippen LogP contribution in [0.15, 0.2) is 24.3 Å². The van der Waals surface area contributed by atoms with Gasteiger partial charge in [-0.3, -0.25) is 15.6 Å². The standard InChI is InChI=1S/C14H20N4O3S2/c1-20-11-6-3-5-10(9-11)16-14(23)18-17-13(22)15-8-4-7-12(19)21-2/h3,5-6,9H,4,7-8H2,1-2H3,(H2,15,17,22)(H2,16,18,23). The Morgan fingerprint density at radius 2 is 1.91 bits per heavy atom. The first-order chi connectivity index (χ1) is 11.0. The summed E-state index contributed by atoms with van der Waals surface area (Å²) in [5.41, 5.74) is 6.31. The molecule has 1 aromatic carbocycles. The van der Waals surface area contributed by atoms with Crippen molar-refractivity contribution in [1.29, 1.82) is 0 Å². The smallest absolute Gasteiger partial charge is 0.305 e. The molecule has 0 saturated heterocycles. The molecular weight excluding hydrogens is 336 g/mol. The first kappa shape index (κ1) is 18.9. The average Bonchev–Trinajstić information content (AvgIpc) is 2.56. The summed E-state index contributed by atoms with van der Waals surface area (Å²) in [6.07, 6.45) is 0.969. The molecule has 0 aliphatic heterocycles. The van der Waals surface area contributed by atoms with Crippen LogP contribution < -0.4 is 26.2 Å². The van der Waals surface area contributed by atoms with Gasteiger partial charge in [-0.05, 0) is 43.0 Å². The summed E-state index contributed by atoms with van der Waals surface area (Å²) in [5.74, 6) is 0.487. The van der Waals surface area contributed by atoms with E-state index in [1.54, 1.807) is 7.11 Å². The maximum Gasteiger partial charge on any atom is 0.305 e. The first-order valence-electron chi connectivity index (χ1n) is 6.87. The van der Waals surface area contributed by atoms with Gasteiger partial charge in [-0.25, -0.2) is 0 Å². The Bertz CT molecular complexity index is 555. The molecule has 126 valence electrons. The van der Waals surface area contributed by atoms with Crippen molar-refractivity contribution in [3.05, 3.63) is 24.3 Å². The lowest BCUT2D eigenvalue weighted by atomic mass is 10.3. The van der Waals surface area contributed by atoms with Gasteiger partial charge >= 0.3 is 5.97 Å². The Kier molecular flexibility index (Phi) is 8.70. The Balaban J connectivity index is 2.22. The van der Waals surface area contributed by atoms with Crippen LogP contribution in [0.3, 0.4) is 0 Å². The van der Waals surface area contributed by atoms with E-state index in [-0.39, 0.29) is 5.97 Å². The summed E-state index contributed by atoms with van der Waals surface area (Å²) < 4.78 is 9.68. The van der Waals surface area contributed by atoms with Gasteiger partial charge in [0, 0.05) is 24.7 Å². The molecular formula is C14H20N4O3S2. The number of methoxy groups -OCH3 is 2. The summed E-state index contributed by atoms with van der Waals surface area (Å²) >= 11 is 10.2. The van der Waals surface area contributed by atoms with Gasteiger partial charge in [0.05, 0.1) is 14.2 Å². The molecule has 4 N–H and O–H groups in total. The molecule has 0 saturated carbocycles. The van der Waals surface area contributed by atoms with Crippen LogP contribution >= 0.6 is 24.4 Å². The largest absolute Gasteiger partial charge is 0.497 e. The summed E-state index contributed by atoms with van der Waals surface area (Å²) in [5, 5.41) is 6.67. The molecule has 9 heteroatoms. The average molecular weight is 356 g/mol. The van der Waals surface area contributed by atoms with Crippen LogP contribution in [0.25, 0.3) is 0 Å². The summed E-state index contributed by atoms with van der Waals surface area (Å²) in [7, 11) is 2.96. The lowest BCUT2D eigenvalue weighted by molar-refractivity contribution is -0.140. The van der Waals surface area contributed by atoms with E-state index in [1.165, 1.54) is 7.11 Å². The number of carbonyl (C=O) groups is 1. The van der Waals surface area contributed by atoms with Crippen molar-refractivity contribution in [2.75, 3.05) is 26.1 Å². The molecule has 0 fully saturated rings. The Morgan fingerprint density at radius 3 is 2.61 bits per heavy atom. The van der Waals surface area contributed by atoms with Crippen molar-refractivity contribution in [2.45, 2.75) is 12.8 Å². The van der Waals surface area contributed by atoms with E-state index in [4.69, 9.17) is 29.2 Å². The van der Waals surface area contributed by atoms with Gasteiger partial charge in [0.25, 0.3) is 0 Å². The summed E-state index contributed by atoms with van der Waals surface area (Å²) in [6, 6.07) is 7.37. The zero-order chi connectivity index (χ0) is 17.1. The molecule has 0 aliphatic carbocycles. The maximum absolute atomic E-state index is 10.9. The zero-order valence-electron chi connectivity index (χ0n) is 13.0. The van der Waals surface area contributed by atoms with Crippen LogP contribution in [0.5, 0.6) is 5.75 Å². The van der Waals surface area contributed by atoms with E-state index in [2.05, 4.69) is 26.2 Å². The summed E-state index contributed by atoms with van der Waals surface area (Å²) in [4.78, 5) is 10.9. The molecule has 1 aromatic rings. The van der Waals surface area contributed by atoms with E-state index in [0.29, 0.717) is 29.6 Å². The van der Waals surface area contributed by atoms with Gasteiger partial charge < -0.3 is 20.1 Å². The van der Waals surface area contributed by atoms with E-state index in [0.717, 1.165) is 11.4 Å². The number of hydrazine groups is 1. The number of hydrogen-bond acceptors (Lipinski definition) is 5. The molecule has 0 atom stereocenters. The number of thiocarbonyl (C=S) groups is 2. The molecule has 1 rings (SSSR count). The highest BCUT2D eigenvalue weighted by molar-refractivity contribution is 7.80. The molecule has 0 radical (unpaired) electrons. The Hall–Kier alpha value is -2.13. The molecule has 0 bridgehead atoms. The summed E-state index contributed by atoms with van der Waals surface area (Å²) in [6.45, 7) is 0.554. The SMILES string of the molecule is COC(=O)CCCNC(=S)NNC(=S)Nc1cccc(OC)c1. The third-order valence-electron chi connectivity index (χ3n) is 2.69. The number of esters is 1. The van der Waals surface area contributed by atoms with Crippen molar-refractivity contribution in [1.82, 2.24) is 16.2 Å². The number of benzene rings is 1. The number of anilines is 1. The highest BCUT2D eigenvalue weighted by Crippen LogP contribution is 2.16. The predicted octanol–water partition coefficient (Wildman–Crippen LogP) is 1.31. The third kappa shape index (κ3) is 8.17. The van der Waals surface area contributed by atoms with Crippen molar-refractivity contribution >= 4 is 46.3 Å². The van der Waals surface area contributed by atoms with Gasteiger partial charge in [0.2, 0.25) is 0 Å². The van der Waals surface area contributed by atoms with Gasteiger partial charge in [0.15, 0.2) is 10.2 Å². The highest BCUT2D eigenvalue weighted by atomic mass is 32.1. The highest BCUT2D eigenvalue weighted by Gasteiger charge is 2.02. The molecule has 0 spiro atoms. The minimum Gasteiger partial charge on any atom is -0.497 e. The lowest BCUT2D eigenvalue weighted by Crippen LogP contribution is -2.48. The molecule has 7 nitrogen and oxygen atoms in total. The van der Waals surface area contributed by atoms with Crippen LogP contribution in [-0.2, 0) is 9.53 Å². The molecule has 0 aliphatic rings. The Labute approximate surface area is 146 Å². The van der Waals surface area contributed by atoms with Crippen LogP contribution in [0.4, 0.5) is 5.69 Å². The molecule has 23 heavy (non-hydrogen) atoms. The molecule has 0 aromatic heterocycles. The number of carbonyl (C=O) groups excluding carboxylic acids is 1. The maximum atomic E-state index is 10.9. The number of hydrogen-bond donors (Lipinski definition) is 4. The van der Waals surface area contributed by atoms with Crippen molar-refractivity contribution in [2.24, 2.45) is 0 Å². The van der Waals surface area contributed by atoms with Crippen LogP contribution in [0.2, 0.25) is 0 Å². The fraction of sp³-hybridized carbons (Fsp3) is 0.357. The second kappa shape index (κ2) is 10.6. The first-order valence-corrected chi connectivity index (χ1v) is 7.68. The fourth-order valence-corrected chi connectivity index (χ4v) is 1.88. The van der Waals surface area contributed by atoms with Gasteiger partial charge in [0.1, 0.15) is 5.75 Å². The topological polar surface area (TPSA) is 83.7 Å². The number of rotatable bonds is 6.